The highest BCUT2D eigenvalue weighted by atomic mass is 79.9. The molecule has 2 aromatic rings. The first kappa shape index (κ1) is 21.7. The molecule has 10 heteroatoms. The van der Waals surface area contributed by atoms with Crippen molar-refractivity contribution in [3.8, 4) is 5.75 Å². The van der Waals surface area contributed by atoms with Gasteiger partial charge in [0.2, 0.25) is 0 Å². The van der Waals surface area contributed by atoms with Crippen LogP contribution in [0.25, 0.3) is 0 Å². The lowest BCUT2D eigenvalue weighted by Gasteiger charge is -2.12. The van der Waals surface area contributed by atoms with Crippen LogP contribution in [-0.4, -0.2) is 31.1 Å². The number of amides is 2. The number of benzene rings is 2. The van der Waals surface area contributed by atoms with Crippen molar-refractivity contribution < 1.29 is 31.9 Å². The van der Waals surface area contributed by atoms with Crippen LogP contribution in [0.4, 0.5) is 23.2 Å². The average Bonchev–Trinajstić information content (AvgIpc) is 2.60. The van der Waals surface area contributed by atoms with Gasteiger partial charge in [0.25, 0.3) is 11.8 Å². The summed E-state index contributed by atoms with van der Waals surface area (Å²) in [4.78, 5) is 23.9. The van der Waals surface area contributed by atoms with Crippen LogP contribution in [0.1, 0.15) is 15.9 Å². The first-order valence-corrected chi connectivity index (χ1v) is 8.68. The zero-order chi connectivity index (χ0) is 20.9. The number of alkyl halides is 3. The van der Waals surface area contributed by atoms with Gasteiger partial charge in [0, 0.05) is 15.7 Å². The molecule has 2 amide bonds. The van der Waals surface area contributed by atoms with E-state index in [0.717, 1.165) is 0 Å². The number of hydrogen-bond acceptors (Lipinski definition) is 3. The van der Waals surface area contributed by atoms with Gasteiger partial charge in [0.1, 0.15) is 6.54 Å². The molecule has 5 nitrogen and oxygen atoms in total. The van der Waals surface area contributed by atoms with E-state index in [1.165, 1.54) is 30.3 Å². The number of carbonyl (C=O) groups is 2. The monoisotopic (exact) mass is 462 g/mol. The lowest BCUT2D eigenvalue weighted by Crippen LogP contribution is -2.33. The van der Waals surface area contributed by atoms with Crippen LogP contribution >= 0.6 is 15.9 Å². The summed E-state index contributed by atoms with van der Waals surface area (Å²) in [7, 11) is 0. The molecule has 0 heterocycles. The summed E-state index contributed by atoms with van der Waals surface area (Å²) >= 11 is 3.10. The van der Waals surface area contributed by atoms with Crippen LogP contribution in [-0.2, 0) is 4.79 Å². The summed E-state index contributed by atoms with van der Waals surface area (Å²) in [6.45, 7) is -0.321. The van der Waals surface area contributed by atoms with Crippen molar-refractivity contribution in [2.75, 3.05) is 18.5 Å². The van der Waals surface area contributed by atoms with E-state index >= 15 is 0 Å². The van der Waals surface area contributed by atoms with Crippen LogP contribution in [0.2, 0.25) is 0 Å². The number of hydrogen-bond donors (Lipinski definition) is 2. The van der Waals surface area contributed by atoms with Crippen LogP contribution in [0.3, 0.4) is 0 Å². The molecule has 0 aliphatic carbocycles. The Balaban J connectivity index is 2.00. The third-order valence-electron chi connectivity index (χ3n) is 3.48. The quantitative estimate of drug-likeness (QED) is 0.632. The minimum absolute atomic E-state index is 0.0509. The number of rotatable bonds is 6. The zero-order valence-corrected chi connectivity index (χ0v) is 16.1. The third kappa shape index (κ3) is 6.52. The van der Waals surface area contributed by atoms with Gasteiger partial charge in [-0.25, -0.2) is 4.39 Å². The molecule has 0 unspecified atom stereocenters. The Kier molecular flexibility index (Phi) is 7.00. The average molecular weight is 463 g/mol. The number of aryl methyl sites for hydroxylation is 1. The number of anilines is 1. The molecule has 150 valence electrons. The van der Waals surface area contributed by atoms with Gasteiger partial charge in [0.05, 0.1) is 0 Å². The van der Waals surface area contributed by atoms with Crippen molar-refractivity contribution in [1.29, 1.82) is 0 Å². The van der Waals surface area contributed by atoms with Crippen LogP contribution < -0.4 is 15.4 Å². The Hall–Kier alpha value is -2.62. The molecule has 0 saturated heterocycles. The third-order valence-corrected chi connectivity index (χ3v) is 3.97. The van der Waals surface area contributed by atoms with Gasteiger partial charge < -0.3 is 15.4 Å². The Bertz CT molecular complexity index is 888. The summed E-state index contributed by atoms with van der Waals surface area (Å²) in [6.07, 6.45) is -4.53. The summed E-state index contributed by atoms with van der Waals surface area (Å²) in [5, 5.41) is 4.23. The normalized spacial score (nSPS) is 11.1. The number of ether oxygens (including phenoxy) is 1. The maximum absolute atomic E-state index is 13.7. The maximum atomic E-state index is 13.7. The lowest BCUT2D eigenvalue weighted by molar-refractivity contribution is -0.123. The highest BCUT2D eigenvalue weighted by Gasteiger charge is 2.28. The fraction of sp³-hybridized carbons (Fsp3) is 0.222. The summed E-state index contributed by atoms with van der Waals surface area (Å²) in [5.41, 5.74) is 0.755. The molecule has 0 radical (unpaired) electrons. The van der Waals surface area contributed by atoms with Gasteiger partial charge in [-0.3, -0.25) is 9.59 Å². The molecule has 2 N–H and O–H groups in total. The van der Waals surface area contributed by atoms with E-state index in [-0.39, 0.29) is 17.0 Å². The smallest absolute Gasteiger partial charge is 0.405 e. The van der Waals surface area contributed by atoms with Gasteiger partial charge in [-0.1, -0.05) is 22.0 Å². The predicted octanol–water partition coefficient (Wildman–Crippen LogP) is 4.21. The van der Waals surface area contributed by atoms with E-state index in [1.807, 2.05) is 0 Å². The van der Waals surface area contributed by atoms with Crippen LogP contribution in [0.15, 0.2) is 40.9 Å². The Morgan fingerprint density at radius 3 is 2.50 bits per heavy atom. The first-order chi connectivity index (χ1) is 13.0. The van der Waals surface area contributed by atoms with Crippen molar-refractivity contribution in [2.45, 2.75) is 13.1 Å². The van der Waals surface area contributed by atoms with Gasteiger partial charge in [-0.15, -0.1) is 0 Å². The van der Waals surface area contributed by atoms with E-state index in [9.17, 15) is 27.2 Å². The lowest BCUT2D eigenvalue weighted by atomic mass is 10.1. The van der Waals surface area contributed by atoms with E-state index in [2.05, 4.69) is 21.2 Å². The molecule has 0 fully saturated rings. The molecule has 0 bridgehead atoms. The molecule has 0 aliphatic heterocycles. The summed E-state index contributed by atoms with van der Waals surface area (Å²) in [6, 6.07) is 8.14. The van der Waals surface area contributed by atoms with Gasteiger partial charge in [-0.05, 0) is 42.8 Å². The largest absolute Gasteiger partial charge is 0.481 e. The van der Waals surface area contributed by atoms with Crippen LogP contribution in [0, 0.1) is 12.7 Å². The summed E-state index contributed by atoms with van der Waals surface area (Å²) in [5.74, 6) is -2.32. The van der Waals surface area contributed by atoms with E-state index in [4.69, 9.17) is 4.74 Å². The van der Waals surface area contributed by atoms with Gasteiger partial charge >= 0.3 is 6.18 Å². The fourth-order valence-electron chi connectivity index (χ4n) is 2.10. The molecular weight excluding hydrogens is 448 g/mol. The molecule has 0 atom stereocenters. The zero-order valence-electron chi connectivity index (χ0n) is 14.5. The van der Waals surface area contributed by atoms with Crippen molar-refractivity contribution in [3.63, 3.8) is 0 Å². The summed E-state index contributed by atoms with van der Waals surface area (Å²) < 4.78 is 55.9. The van der Waals surface area contributed by atoms with Gasteiger partial charge in [0.15, 0.2) is 18.2 Å². The molecule has 0 saturated carbocycles. The van der Waals surface area contributed by atoms with Crippen molar-refractivity contribution in [1.82, 2.24) is 5.32 Å². The Morgan fingerprint density at radius 2 is 1.86 bits per heavy atom. The molecule has 2 aromatic carbocycles. The van der Waals surface area contributed by atoms with E-state index in [0.29, 0.717) is 10.0 Å². The second-order valence-electron chi connectivity index (χ2n) is 5.74. The highest BCUT2D eigenvalue weighted by molar-refractivity contribution is 9.10. The minimum Gasteiger partial charge on any atom is -0.481 e. The second kappa shape index (κ2) is 9.05. The first-order valence-electron chi connectivity index (χ1n) is 7.88. The Morgan fingerprint density at radius 1 is 1.14 bits per heavy atom. The van der Waals surface area contributed by atoms with Crippen molar-refractivity contribution >= 4 is 33.4 Å². The van der Waals surface area contributed by atoms with Crippen LogP contribution in [0.5, 0.6) is 5.75 Å². The molecule has 0 spiro atoms. The molecule has 0 aliphatic rings. The number of carbonyl (C=O) groups excluding carboxylic acids is 2. The SMILES string of the molecule is Cc1ccc(C(=O)NCC(F)(F)F)cc1NC(=O)COc1ccc(Br)cc1F. The second-order valence-corrected chi connectivity index (χ2v) is 6.65. The molecule has 28 heavy (non-hydrogen) atoms. The van der Waals surface area contributed by atoms with E-state index < -0.39 is 37.0 Å². The molecule has 2 rings (SSSR count). The maximum Gasteiger partial charge on any atom is 0.405 e. The Labute approximate surface area is 166 Å². The molecular formula is C18H15BrF4N2O3. The topological polar surface area (TPSA) is 67.4 Å². The predicted molar refractivity (Wildman–Crippen MR) is 97.8 cm³/mol. The number of nitrogens with one attached hydrogen (secondary N) is 2. The fourth-order valence-corrected chi connectivity index (χ4v) is 2.44. The standard InChI is InChI=1S/C18H15BrF4N2O3/c1-10-2-3-11(17(27)24-9-18(21,22)23)6-14(10)25-16(26)8-28-15-5-4-12(19)7-13(15)20/h2-7H,8-9H2,1H3,(H,24,27)(H,25,26). The van der Waals surface area contributed by atoms with E-state index in [1.54, 1.807) is 18.3 Å². The van der Waals surface area contributed by atoms with Gasteiger partial charge in [-0.2, -0.15) is 13.2 Å². The van der Waals surface area contributed by atoms with Crippen molar-refractivity contribution in [3.05, 3.63) is 57.8 Å². The van der Waals surface area contributed by atoms with Crippen molar-refractivity contribution in [2.24, 2.45) is 0 Å². The highest BCUT2D eigenvalue weighted by Crippen LogP contribution is 2.22. The molecule has 0 aromatic heterocycles. The number of halogens is 5. The minimum atomic E-state index is -4.53.